The van der Waals surface area contributed by atoms with Crippen LogP contribution in [0.4, 0.5) is 0 Å². The van der Waals surface area contributed by atoms with E-state index in [1.54, 1.807) is 0 Å². The van der Waals surface area contributed by atoms with Gasteiger partial charge in [0.2, 0.25) is 0 Å². The monoisotopic (exact) mass is 663 g/mol. The van der Waals surface area contributed by atoms with E-state index < -0.39 is 0 Å². The van der Waals surface area contributed by atoms with Gasteiger partial charge in [0, 0.05) is 49.4 Å². The molecule has 11 rings (SSSR count). The van der Waals surface area contributed by atoms with Crippen LogP contribution in [-0.2, 0) is 0 Å². The summed E-state index contributed by atoms with van der Waals surface area (Å²) in [6, 6.07) is 66.6. The molecule has 0 bridgehead atoms. The first kappa shape index (κ1) is 28.9. The molecule has 244 valence electrons. The second-order valence-corrected chi connectivity index (χ2v) is 13.9. The lowest BCUT2D eigenvalue weighted by molar-refractivity contribution is 1.13. The molecule has 52 heavy (non-hydrogen) atoms. The molecule has 3 aromatic heterocycles. The molecule has 0 unspecified atom stereocenters. The Labute approximate surface area is 300 Å². The summed E-state index contributed by atoms with van der Waals surface area (Å²) in [4.78, 5) is 0. The number of aryl methyl sites for hydroxylation is 1. The van der Waals surface area contributed by atoms with E-state index >= 15 is 0 Å². The highest BCUT2D eigenvalue weighted by Crippen LogP contribution is 2.38. The normalized spacial score (nSPS) is 11.9. The smallest absolute Gasteiger partial charge is 0.0543 e. The summed E-state index contributed by atoms with van der Waals surface area (Å²) in [5, 5.41) is 7.60. The van der Waals surface area contributed by atoms with Crippen LogP contribution in [0.15, 0.2) is 182 Å². The van der Waals surface area contributed by atoms with Crippen LogP contribution in [0, 0.1) is 6.92 Å². The average Bonchev–Trinajstić information content (AvgIpc) is 3.83. The fraction of sp³-hybridized carbons (Fsp3) is 0.0204. The summed E-state index contributed by atoms with van der Waals surface area (Å²) in [6.45, 7) is 2.17. The molecule has 8 aromatic carbocycles. The SMILES string of the molecule is Cc1ccc2c3ccccc3n(-c3ccc(-c4ccc5c(c4)c4ccccc4n5-c4cccc(-n5c6ccccc6c6ccccc65)c4)cc3)c2c1. The fourth-order valence-electron chi connectivity index (χ4n) is 8.56. The predicted octanol–water partition coefficient (Wildman–Crippen LogP) is 13.0. The van der Waals surface area contributed by atoms with Gasteiger partial charge in [-0.25, -0.2) is 0 Å². The Morgan fingerprint density at radius 1 is 0.269 bits per heavy atom. The molecular weight excluding hydrogens is 631 g/mol. The third kappa shape index (κ3) is 4.20. The Bertz CT molecular complexity index is 3130. The highest BCUT2D eigenvalue weighted by atomic mass is 15.0. The third-order valence-corrected chi connectivity index (χ3v) is 10.9. The Morgan fingerprint density at radius 3 is 1.27 bits per heavy atom. The molecule has 0 spiro atoms. The van der Waals surface area contributed by atoms with E-state index in [-0.39, 0.29) is 0 Å². The van der Waals surface area contributed by atoms with Crippen molar-refractivity contribution in [2.24, 2.45) is 0 Å². The fourth-order valence-corrected chi connectivity index (χ4v) is 8.56. The van der Waals surface area contributed by atoms with E-state index in [0.29, 0.717) is 0 Å². The number of aromatic nitrogens is 3. The molecule has 3 nitrogen and oxygen atoms in total. The first-order valence-electron chi connectivity index (χ1n) is 17.9. The lowest BCUT2D eigenvalue weighted by Crippen LogP contribution is -1.98. The highest BCUT2D eigenvalue weighted by Gasteiger charge is 2.17. The molecule has 0 aliphatic heterocycles. The largest absolute Gasteiger partial charge is 0.309 e. The number of rotatable bonds is 4. The second-order valence-electron chi connectivity index (χ2n) is 13.9. The molecule has 0 saturated heterocycles. The quantitative estimate of drug-likeness (QED) is 0.178. The lowest BCUT2D eigenvalue weighted by atomic mass is 10.0. The van der Waals surface area contributed by atoms with E-state index in [2.05, 4.69) is 203 Å². The van der Waals surface area contributed by atoms with Crippen molar-refractivity contribution in [3.05, 3.63) is 188 Å². The summed E-state index contributed by atoms with van der Waals surface area (Å²) in [7, 11) is 0. The molecule has 0 saturated carbocycles. The number of fused-ring (bicyclic) bond motifs is 9. The zero-order chi connectivity index (χ0) is 34.3. The van der Waals surface area contributed by atoms with E-state index in [1.807, 2.05) is 0 Å². The van der Waals surface area contributed by atoms with Crippen LogP contribution in [0.5, 0.6) is 0 Å². The summed E-state index contributed by atoms with van der Waals surface area (Å²) in [5.74, 6) is 0. The van der Waals surface area contributed by atoms with Gasteiger partial charge in [0.05, 0.1) is 33.1 Å². The van der Waals surface area contributed by atoms with Gasteiger partial charge in [-0.1, -0.05) is 109 Å². The van der Waals surface area contributed by atoms with Crippen LogP contribution < -0.4 is 0 Å². The minimum Gasteiger partial charge on any atom is -0.309 e. The molecule has 0 aliphatic carbocycles. The molecule has 0 amide bonds. The zero-order valence-corrected chi connectivity index (χ0v) is 28.7. The van der Waals surface area contributed by atoms with Gasteiger partial charge in [0.15, 0.2) is 0 Å². The standard InChI is InChI=1S/C49H33N3/c1-32-21-27-42-40-15-4-6-17-44(40)50(49(42)29-32)35-25-22-33(23-26-35)34-24-28-48-43(30-34)41-16-5-9-20-47(41)52(48)37-12-10-11-36(31-37)51-45-18-7-2-13-38(45)39-14-3-8-19-46(39)51/h2-31H,1H3. The number of hydrogen-bond donors (Lipinski definition) is 0. The number of hydrogen-bond acceptors (Lipinski definition) is 0. The number of para-hydroxylation sites is 4. The second kappa shape index (κ2) is 11.1. The first-order valence-corrected chi connectivity index (χ1v) is 17.9. The average molecular weight is 664 g/mol. The maximum atomic E-state index is 2.42. The van der Waals surface area contributed by atoms with Crippen molar-refractivity contribution < 1.29 is 0 Å². The van der Waals surface area contributed by atoms with Crippen molar-refractivity contribution in [3.8, 4) is 28.2 Å². The van der Waals surface area contributed by atoms with Crippen molar-refractivity contribution in [1.29, 1.82) is 0 Å². The molecule has 0 atom stereocenters. The van der Waals surface area contributed by atoms with Crippen molar-refractivity contribution >= 4 is 65.4 Å². The Hall–Kier alpha value is -6.84. The molecule has 3 heterocycles. The first-order chi connectivity index (χ1) is 25.7. The van der Waals surface area contributed by atoms with Gasteiger partial charge < -0.3 is 13.7 Å². The van der Waals surface area contributed by atoms with Crippen LogP contribution in [0.2, 0.25) is 0 Å². The van der Waals surface area contributed by atoms with E-state index in [0.717, 1.165) is 11.4 Å². The van der Waals surface area contributed by atoms with E-state index in [1.165, 1.54) is 87.8 Å². The molecule has 0 fully saturated rings. The minimum absolute atomic E-state index is 1.14. The van der Waals surface area contributed by atoms with Gasteiger partial charge in [-0.2, -0.15) is 0 Å². The molecule has 0 radical (unpaired) electrons. The Balaban J connectivity index is 1.04. The topological polar surface area (TPSA) is 14.8 Å². The van der Waals surface area contributed by atoms with Gasteiger partial charge in [-0.3, -0.25) is 0 Å². The number of nitrogens with zero attached hydrogens (tertiary/aromatic N) is 3. The highest BCUT2D eigenvalue weighted by molar-refractivity contribution is 6.12. The maximum Gasteiger partial charge on any atom is 0.0543 e. The predicted molar refractivity (Wildman–Crippen MR) is 220 cm³/mol. The van der Waals surface area contributed by atoms with Gasteiger partial charge in [0.1, 0.15) is 0 Å². The molecule has 11 aromatic rings. The van der Waals surface area contributed by atoms with E-state index in [4.69, 9.17) is 0 Å². The maximum absolute atomic E-state index is 2.42. The van der Waals surface area contributed by atoms with Gasteiger partial charge >= 0.3 is 0 Å². The molecule has 0 N–H and O–H groups in total. The van der Waals surface area contributed by atoms with Crippen LogP contribution in [0.3, 0.4) is 0 Å². The summed E-state index contributed by atoms with van der Waals surface area (Å²) < 4.78 is 7.20. The summed E-state index contributed by atoms with van der Waals surface area (Å²) in [5.41, 5.74) is 14.4. The Kier molecular flexibility index (Phi) is 6.17. The van der Waals surface area contributed by atoms with Gasteiger partial charge in [0.25, 0.3) is 0 Å². The van der Waals surface area contributed by atoms with Gasteiger partial charge in [-0.05, 0) is 96.4 Å². The van der Waals surface area contributed by atoms with Crippen molar-refractivity contribution in [3.63, 3.8) is 0 Å². The van der Waals surface area contributed by atoms with Gasteiger partial charge in [-0.15, -0.1) is 0 Å². The van der Waals surface area contributed by atoms with Crippen LogP contribution in [-0.4, -0.2) is 13.7 Å². The van der Waals surface area contributed by atoms with Crippen molar-refractivity contribution in [1.82, 2.24) is 13.7 Å². The summed E-state index contributed by atoms with van der Waals surface area (Å²) >= 11 is 0. The molecule has 0 aliphatic rings. The number of benzene rings is 8. The Morgan fingerprint density at radius 2 is 0.712 bits per heavy atom. The van der Waals surface area contributed by atoms with Crippen molar-refractivity contribution in [2.75, 3.05) is 0 Å². The lowest BCUT2D eigenvalue weighted by Gasteiger charge is -2.13. The van der Waals surface area contributed by atoms with E-state index in [9.17, 15) is 0 Å². The summed E-state index contributed by atoms with van der Waals surface area (Å²) in [6.07, 6.45) is 0. The van der Waals surface area contributed by atoms with Crippen molar-refractivity contribution in [2.45, 2.75) is 6.92 Å². The minimum atomic E-state index is 1.14. The van der Waals surface area contributed by atoms with Crippen LogP contribution >= 0.6 is 0 Å². The van der Waals surface area contributed by atoms with Crippen LogP contribution in [0.1, 0.15) is 5.56 Å². The van der Waals surface area contributed by atoms with Crippen LogP contribution in [0.25, 0.3) is 93.6 Å². The third-order valence-electron chi connectivity index (χ3n) is 10.9. The zero-order valence-electron chi connectivity index (χ0n) is 28.7. The molecule has 3 heteroatoms. The molecular formula is C49H33N3.